The van der Waals surface area contributed by atoms with Gasteiger partial charge in [-0.25, -0.2) is 9.97 Å². The molecular weight excluding hydrogens is 264 g/mol. The molecule has 0 radical (unpaired) electrons. The zero-order valence-corrected chi connectivity index (χ0v) is 14.3. The molecule has 0 spiro atoms. The second-order valence-corrected chi connectivity index (χ2v) is 6.21. The maximum absolute atomic E-state index is 12.8. The van der Waals surface area contributed by atoms with E-state index < -0.39 is 0 Å². The topological polar surface area (TPSA) is 58.1 Å². The van der Waals surface area contributed by atoms with Gasteiger partial charge in [-0.2, -0.15) is 0 Å². The summed E-state index contributed by atoms with van der Waals surface area (Å²) in [7, 11) is 1.83. The number of amides is 1. The lowest BCUT2D eigenvalue weighted by Gasteiger charge is -2.35. The summed E-state index contributed by atoms with van der Waals surface area (Å²) in [6, 6.07) is 0. The van der Waals surface area contributed by atoms with Gasteiger partial charge < -0.3 is 10.2 Å². The Morgan fingerprint density at radius 3 is 2.48 bits per heavy atom. The summed E-state index contributed by atoms with van der Waals surface area (Å²) in [6.45, 7) is 13.0. The largest absolute Gasteiger partial charge is 0.382 e. The number of carbonyl (C=O) groups is 1. The number of hydrogen-bond acceptors (Lipinski definition) is 4. The SMILES string of the molecule is CCNc1cnc(C(C)C)nc1C(=O)N(C)C(C)(C)CC. The predicted molar refractivity (Wildman–Crippen MR) is 86.7 cm³/mol. The summed E-state index contributed by atoms with van der Waals surface area (Å²) in [5.74, 6) is 0.821. The lowest BCUT2D eigenvalue weighted by Crippen LogP contribution is -2.45. The van der Waals surface area contributed by atoms with Crippen LogP contribution in [-0.2, 0) is 0 Å². The summed E-state index contributed by atoms with van der Waals surface area (Å²) < 4.78 is 0. The average molecular weight is 292 g/mol. The van der Waals surface area contributed by atoms with Crippen LogP contribution >= 0.6 is 0 Å². The van der Waals surface area contributed by atoms with Crippen molar-refractivity contribution in [3.63, 3.8) is 0 Å². The van der Waals surface area contributed by atoms with Crippen molar-refractivity contribution in [2.75, 3.05) is 18.9 Å². The number of nitrogens with one attached hydrogen (secondary N) is 1. The van der Waals surface area contributed by atoms with Crippen molar-refractivity contribution < 1.29 is 4.79 Å². The zero-order chi connectivity index (χ0) is 16.2. The molecule has 0 aromatic carbocycles. The smallest absolute Gasteiger partial charge is 0.274 e. The number of carbonyl (C=O) groups excluding carboxylic acids is 1. The third-order valence-electron chi connectivity index (χ3n) is 3.97. The van der Waals surface area contributed by atoms with Crippen LogP contribution in [0.1, 0.15) is 70.2 Å². The number of nitrogens with zero attached hydrogens (tertiary/aromatic N) is 3. The van der Waals surface area contributed by atoms with Gasteiger partial charge in [0, 0.05) is 25.0 Å². The highest BCUT2D eigenvalue weighted by atomic mass is 16.2. The molecule has 0 unspecified atom stereocenters. The Morgan fingerprint density at radius 1 is 1.38 bits per heavy atom. The van der Waals surface area contributed by atoms with Crippen LogP contribution in [0.3, 0.4) is 0 Å². The normalized spacial score (nSPS) is 11.6. The Labute approximate surface area is 128 Å². The molecule has 0 bridgehead atoms. The Hall–Kier alpha value is -1.65. The second-order valence-electron chi connectivity index (χ2n) is 6.21. The van der Waals surface area contributed by atoms with Crippen molar-refractivity contribution in [3.8, 4) is 0 Å². The van der Waals surface area contributed by atoms with E-state index in [0.29, 0.717) is 17.2 Å². The third kappa shape index (κ3) is 3.93. The summed E-state index contributed by atoms with van der Waals surface area (Å²) in [6.07, 6.45) is 2.60. The van der Waals surface area contributed by atoms with Gasteiger partial charge in [-0.05, 0) is 27.2 Å². The number of rotatable bonds is 6. The average Bonchev–Trinajstić information content (AvgIpc) is 2.46. The Balaban J connectivity index is 3.25. The number of aromatic nitrogens is 2. The highest BCUT2D eigenvalue weighted by Gasteiger charge is 2.29. The summed E-state index contributed by atoms with van der Waals surface area (Å²) in [5.41, 5.74) is 0.953. The molecule has 118 valence electrons. The molecule has 0 atom stereocenters. The first-order valence-corrected chi connectivity index (χ1v) is 7.63. The molecule has 0 saturated carbocycles. The molecular formula is C16H28N4O. The molecule has 21 heavy (non-hydrogen) atoms. The first-order valence-electron chi connectivity index (χ1n) is 7.63. The van der Waals surface area contributed by atoms with Crippen LogP contribution < -0.4 is 5.32 Å². The van der Waals surface area contributed by atoms with Gasteiger partial charge in [0.05, 0.1) is 11.9 Å². The second kappa shape index (κ2) is 6.87. The molecule has 1 heterocycles. The number of anilines is 1. The van der Waals surface area contributed by atoms with Gasteiger partial charge in [0.15, 0.2) is 5.69 Å². The molecule has 1 N–H and O–H groups in total. The van der Waals surface area contributed by atoms with E-state index in [1.54, 1.807) is 11.1 Å². The van der Waals surface area contributed by atoms with Crippen LogP contribution in [0.2, 0.25) is 0 Å². The molecule has 0 aliphatic rings. The van der Waals surface area contributed by atoms with E-state index in [4.69, 9.17) is 0 Å². The Morgan fingerprint density at radius 2 is 2.00 bits per heavy atom. The molecule has 1 amide bonds. The minimum atomic E-state index is -0.205. The maximum atomic E-state index is 12.8. The van der Waals surface area contributed by atoms with Gasteiger partial charge in [-0.3, -0.25) is 4.79 Å². The lowest BCUT2D eigenvalue weighted by atomic mass is 9.99. The fraction of sp³-hybridized carbons (Fsp3) is 0.688. The van der Waals surface area contributed by atoms with E-state index in [-0.39, 0.29) is 17.4 Å². The van der Waals surface area contributed by atoms with Crippen LogP contribution in [0.5, 0.6) is 0 Å². The predicted octanol–water partition coefficient (Wildman–Crippen LogP) is 3.29. The Kier molecular flexibility index (Phi) is 5.70. The fourth-order valence-electron chi connectivity index (χ4n) is 1.83. The van der Waals surface area contributed by atoms with Crippen LogP contribution in [-0.4, -0.2) is 39.9 Å². The van der Waals surface area contributed by atoms with Gasteiger partial charge in [0.25, 0.3) is 5.91 Å². The third-order valence-corrected chi connectivity index (χ3v) is 3.97. The van der Waals surface area contributed by atoms with Crippen molar-refractivity contribution in [3.05, 3.63) is 17.7 Å². The van der Waals surface area contributed by atoms with Crippen LogP contribution in [0.25, 0.3) is 0 Å². The fourth-order valence-corrected chi connectivity index (χ4v) is 1.83. The van der Waals surface area contributed by atoms with Gasteiger partial charge in [0.1, 0.15) is 5.82 Å². The van der Waals surface area contributed by atoms with Gasteiger partial charge >= 0.3 is 0 Å². The monoisotopic (exact) mass is 292 g/mol. The highest BCUT2D eigenvalue weighted by molar-refractivity contribution is 5.97. The first kappa shape index (κ1) is 17.4. The lowest BCUT2D eigenvalue weighted by molar-refractivity contribution is 0.0614. The first-order chi connectivity index (χ1) is 9.74. The molecule has 5 heteroatoms. The summed E-state index contributed by atoms with van der Waals surface area (Å²) in [4.78, 5) is 23.4. The molecule has 0 fully saturated rings. The van der Waals surface area contributed by atoms with Crippen LogP contribution in [0.4, 0.5) is 5.69 Å². The molecule has 1 aromatic heterocycles. The van der Waals surface area contributed by atoms with E-state index in [9.17, 15) is 4.79 Å². The van der Waals surface area contributed by atoms with E-state index in [1.807, 2.05) is 27.8 Å². The molecule has 5 nitrogen and oxygen atoms in total. The molecule has 0 aliphatic heterocycles. The minimum Gasteiger partial charge on any atom is -0.382 e. The van der Waals surface area contributed by atoms with E-state index in [0.717, 1.165) is 13.0 Å². The number of hydrogen-bond donors (Lipinski definition) is 1. The van der Waals surface area contributed by atoms with Gasteiger partial charge in [0.2, 0.25) is 0 Å². The summed E-state index contributed by atoms with van der Waals surface area (Å²) in [5, 5.41) is 3.18. The minimum absolute atomic E-state index is 0.0675. The quantitative estimate of drug-likeness (QED) is 0.874. The standard InChI is InChI=1S/C16H28N4O/c1-8-16(5,6)20(7)15(21)13-12(17-9-2)10-18-14(19-13)11(3)4/h10-11,17H,8-9H2,1-7H3. The zero-order valence-electron chi connectivity index (χ0n) is 14.3. The summed E-state index contributed by atoms with van der Waals surface area (Å²) >= 11 is 0. The maximum Gasteiger partial charge on any atom is 0.274 e. The molecule has 0 aliphatic carbocycles. The molecule has 1 aromatic rings. The van der Waals surface area contributed by atoms with E-state index >= 15 is 0 Å². The van der Waals surface area contributed by atoms with E-state index in [1.165, 1.54) is 0 Å². The van der Waals surface area contributed by atoms with Crippen molar-refractivity contribution in [2.45, 2.75) is 59.4 Å². The van der Waals surface area contributed by atoms with Gasteiger partial charge in [-0.15, -0.1) is 0 Å². The Bertz CT molecular complexity index is 497. The van der Waals surface area contributed by atoms with Crippen molar-refractivity contribution in [1.82, 2.24) is 14.9 Å². The van der Waals surface area contributed by atoms with Crippen molar-refractivity contribution in [1.29, 1.82) is 0 Å². The van der Waals surface area contributed by atoms with Crippen molar-refractivity contribution >= 4 is 11.6 Å². The molecule has 1 rings (SSSR count). The van der Waals surface area contributed by atoms with Gasteiger partial charge in [-0.1, -0.05) is 20.8 Å². The van der Waals surface area contributed by atoms with Crippen molar-refractivity contribution in [2.24, 2.45) is 0 Å². The van der Waals surface area contributed by atoms with Crippen LogP contribution in [0, 0.1) is 0 Å². The molecule has 0 saturated heterocycles. The van der Waals surface area contributed by atoms with Crippen LogP contribution in [0.15, 0.2) is 6.20 Å². The highest BCUT2D eigenvalue weighted by Crippen LogP contribution is 2.23. The van der Waals surface area contributed by atoms with E-state index in [2.05, 4.69) is 36.1 Å².